The van der Waals surface area contributed by atoms with Crippen molar-refractivity contribution in [2.75, 3.05) is 0 Å². The van der Waals surface area contributed by atoms with E-state index in [2.05, 4.69) is 147 Å². The number of fused-ring (bicyclic) bond motifs is 1. The average molecular weight is 810 g/mol. The van der Waals surface area contributed by atoms with E-state index in [0.717, 1.165) is 83.6 Å². The second-order valence-electron chi connectivity index (χ2n) is 17.7. The molecule has 0 aliphatic carbocycles. The molecule has 0 spiro atoms. The van der Waals surface area contributed by atoms with Crippen molar-refractivity contribution in [3.63, 3.8) is 0 Å². The highest BCUT2D eigenvalue weighted by Crippen LogP contribution is 2.42. The van der Waals surface area contributed by atoms with Gasteiger partial charge in [-0.15, -0.1) is 0 Å². The predicted octanol–water partition coefficient (Wildman–Crippen LogP) is 15.7. The van der Waals surface area contributed by atoms with E-state index >= 15 is 0 Å². The quantitative estimate of drug-likeness (QED) is 0.158. The molecule has 2 aromatic heterocycles. The lowest BCUT2D eigenvalue weighted by molar-refractivity contribution is 0.477. The Labute approximate surface area is 369 Å². The van der Waals surface area contributed by atoms with Crippen LogP contribution in [0.1, 0.15) is 79.7 Å². The molecule has 4 nitrogen and oxygen atoms in total. The van der Waals surface area contributed by atoms with E-state index in [1.54, 1.807) is 6.07 Å². The number of phenols is 1. The van der Waals surface area contributed by atoms with E-state index in [-0.39, 0.29) is 11.2 Å². The highest BCUT2D eigenvalue weighted by Gasteiger charge is 2.24. The second kappa shape index (κ2) is 16.4. The first-order valence-corrected chi connectivity index (χ1v) is 21.4. The number of rotatable bonds is 9. The van der Waals surface area contributed by atoms with Gasteiger partial charge < -0.3 is 5.11 Å². The zero-order valence-electron chi connectivity index (χ0n) is 38.5. The van der Waals surface area contributed by atoms with Gasteiger partial charge in [-0.2, -0.15) is 0 Å². The molecule has 9 rings (SSSR count). The van der Waals surface area contributed by atoms with Gasteiger partial charge in [0, 0.05) is 25.8 Å². The van der Waals surface area contributed by atoms with Gasteiger partial charge in [0.05, 0.1) is 22.3 Å². The van der Waals surface area contributed by atoms with E-state index in [9.17, 15) is 6.48 Å². The van der Waals surface area contributed by atoms with Crippen LogP contribution in [0.15, 0.2) is 176 Å². The maximum absolute atomic E-state index is 11.4. The molecule has 0 bridgehead atoms. The fourth-order valence-electron chi connectivity index (χ4n) is 8.62. The molecule has 306 valence electrons. The Morgan fingerprint density at radius 3 is 1.92 bits per heavy atom. The first-order chi connectivity index (χ1) is 30.5. The summed E-state index contributed by atoms with van der Waals surface area (Å²) < 4.78 is 20.1. The molecule has 0 fully saturated rings. The molecule has 0 atom stereocenters. The zero-order chi connectivity index (χ0) is 45.0. The van der Waals surface area contributed by atoms with Gasteiger partial charge >= 0.3 is 0 Å². The number of aromatic nitrogens is 3. The summed E-state index contributed by atoms with van der Waals surface area (Å²) >= 11 is 0. The summed E-state index contributed by atoms with van der Waals surface area (Å²) in [6.07, 6.45) is 1.86. The van der Waals surface area contributed by atoms with Crippen LogP contribution in [-0.2, 0) is 5.41 Å². The molecular weight excluding hydrogens is 755 g/mol. The van der Waals surface area contributed by atoms with Crippen molar-refractivity contribution in [1.82, 2.24) is 14.5 Å². The molecule has 0 saturated carbocycles. The molecule has 1 N–H and O–H groups in total. The monoisotopic (exact) mass is 809 g/mol. The van der Waals surface area contributed by atoms with Gasteiger partial charge in [-0.25, -0.2) is 4.98 Å². The fourth-order valence-corrected chi connectivity index (χ4v) is 8.62. The van der Waals surface area contributed by atoms with Crippen LogP contribution in [-0.4, -0.2) is 19.6 Å². The Morgan fingerprint density at radius 2 is 1.19 bits per heavy atom. The third kappa shape index (κ3) is 7.74. The number of hydrogen-bond acceptors (Lipinski definition) is 3. The summed E-state index contributed by atoms with van der Waals surface area (Å²) in [6, 6.07) is 58.0. The third-order valence-electron chi connectivity index (χ3n) is 11.9. The van der Waals surface area contributed by atoms with E-state index in [4.69, 9.17) is 11.3 Å². The lowest BCUT2D eigenvalue weighted by Crippen LogP contribution is -2.13. The molecule has 0 radical (unpaired) electrons. The summed E-state index contributed by atoms with van der Waals surface area (Å²) in [5.41, 5.74) is 16.2. The minimum Gasteiger partial charge on any atom is -0.507 e. The van der Waals surface area contributed by atoms with Crippen LogP contribution in [0.5, 0.6) is 5.75 Å². The molecule has 0 amide bonds. The van der Waals surface area contributed by atoms with Crippen LogP contribution in [0.25, 0.3) is 83.9 Å². The topological polar surface area (TPSA) is 50.9 Å². The van der Waals surface area contributed by atoms with Crippen LogP contribution < -0.4 is 0 Å². The van der Waals surface area contributed by atoms with E-state index in [0.29, 0.717) is 11.4 Å². The SMILES string of the molecule is [2H]C(C)(C)c1ccc(-c2ccnc(-c3cc(-c4ccccc4)cc(-c4cccc5c4nc(-c4ccccc4O)n5-c4ccc(-c5ccccc5C(C)(C)C)c(C([2H])(C)C)c4)c3)c2)cc1. The number of para-hydroxylation sites is 2. The van der Waals surface area contributed by atoms with Crippen LogP contribution in [0, 0.1) is 0 Å². The molecule has 9 aromatic rings. The smallest absolute Gasteiger partial charge is 0.149 e. The van der Waals surface area contributed by atoms with E-state index < -0.39 is 11.8 Å². The highest BCUT2D eigenvalue weighted by atomic mass is 16.3. The minimum atomic E-state index is -0.936. The molecule has 0 saturated heterocycles. The molecule has 0 aliphatic heterocycles. The number of pyridine rings is 1. The lowest BCUT2D eigenvalue weighted by atomic mass is 9.80. The van der Waals surface area contributed by atoms with E-state index in [1.807, 2.05) is 76.4 Å². The number of aromatic hydroxyl groups is 1. The predicted molar refractivity (Wildman–Crippen MR) is 260 cm³/mol. The Balaban J connectivity index is 1.25. The van der Waals surface area contributed by atoms with Crippen molar-refractivity contribution in [2.24, 2.45) is 0 Å². The maximum Gasteiger partial charge on any atom is 0.149 e. The van der Waals surface area contributed by atoms with Gasteiger partial charge in [0.1, 0.15) is 11.6 Å². The van der Waals surface area contributed by atoms with Gasteiger partial charge in [-0.1, -0.05) is 158 Å². The van der Waals surface area contributed by atoms with Crippen molar-refractivity contribution in [1.29, 1.82) is 0 Å². The van der Waals surface area contributed by atoms with Crippen molar-refractivity contribution in [2.45, 2.75) is 65.7 Å². The molecule has 2 heterocycles. The van der Waals surface area contributed by atoms with Crippen molar-refractivity contribution in [3.8, 4) is 78.6 Å². The summed E-state index contributed by atoms with van der Waals surface area (Å²) in [6.45, 7) is 14.4. The standard InChI is InChI=1S/C58H53N3O/c1-37(2)39-24-26-41(27-25-39)42-30-31-59-53(35-42)45-33-43(40-16-9-8-10-17-40)32-44(34-45)47-20-15-22-54-56(47)60-57(50-19-12-14-23-55(50)62)61(54)46-28-29-48(51(36-46)38(3)4)49-18-11-13-21-52(49)58(5,6)7/h8-38,62H,1-7H3/i37D,38D. The van der Waals surface area contributed by atoms with Gasteiger partial charge in [0.25, 0.3) is 0 Å². The van der Waals surface area contributed by atoms with Gasteiger partial charge in [-0.3, -0.25) is 9.55 Å². The fraction of sp³-hybridized carbons (Fsp3) is 0.172. The van der Waals surface area contributed by atoms with Gasteiger partial charge in [0.15, 0.2) is 0 Å². The van der Waals surface area contributed by atoms with Gasteiger partial charge in [-0.05, 0) is 134 Å². The average Bonchev–Trinajstić information content (AvgIpc) is 3.68. The summed E-state index contributed by atoms with van der Waals surface area (Å²) in [7, 11) is 0. The molecule has 62 heavy (non-hydrogen) atoms. The van der Waals surface area contributed by atoms with Crippen molar-refractivity contribution >= 4 is 11.0 Å². The summed E-state index contributed by atoms with van der Waals surface area (Å²) in [4.78, 5) is 10.3. The number of nitrogens with zero attached hydrogens (tertiary/aromatic N) is 3. The van der Waals surface area contributed by atoms with Crippen LogP contribution in [0.4, 0.5) is 0 Å². The number of hydrogen-bond donors (Lipinski definition) is 1. The Bertz CT molecular complexity index is 3160. The lowest BCUT2D eigenvalue weighted by Gasteiger charge is -2.25. The Hall–Kier alpha value is -7.04. The molecular formula is C58H53N3O. The third-order valence-corrected chi connectivity index (χ3v) is 11.9. The first kappa shape index (κ1) is 37.9. The highest BCUT2D eigenvalue weighted by molar-refractivity contribution is 5.97. The second-order valence-corrected chi connectivity index (χ2v) is 17.7. The summed E-state index contributed by atoms with van der Waals surface area (Å²) in [5, 5.41) is 11.4. The Kier molecular flexibility index (Phi) is 10.1. The van der Waals surface area contributed by atoms with Crippen LogP contribution >= 0.6 is 0 Å². The zero-order valence-corrected chi connectivity index (χ0v) is 36.5. The molecule has 4 heteroatoms. The molecule has 7 aromatic carbocycles. The Morgan fingerprint density at radius 1 is 0.532 bits per heavy atom. The molecule has 0 aliphatic rings. The normalized spacial score (nSPS) is 12.6. The minimum absolute atomic E-state index is 0.100. The molecule has 0 unspecified atom stereocenters. The first-order valence-electron chi connectivity index (χ1n) is 22.4. The van der Waals surface area contributed by atoms with Crippen LogP contribution in [0.3, 0.4) is 0 Å². The number of benzene rings is 7. The number of phenolic OH excluding ortho intramolecular Hbond substituents is 1. The van der Waals surface area contributed by atoms with E-state index in [1.165, 1.54) is 5.56 Å². The van der Waals surface area contributed by atoms with Crippen molar-refractivity contribution < 1.29 is 7.85 Å². The van der Waals surface area contributed by atoms with Crippen LogP contribution in [0.2, 0.25) is 0 Å². The number of imidazole rings is 1. The maximum atomic E-state index is 11.4. The van der Waals surface area contributed by atoms with Crippen molar-refractivity contribution in [3.05, 3.63) is 193 Å². The van der Waals surface area contributed by atoms with Gasteiger partial charge in [0.2, 0.25) is 0 Å². The summed E-state index contributed by atoms with van der Waals surface area (Å²) in [5.74, 6) is -0.877. The largest absolute Gasteiger partial charge is 0.507 e.